The molecule has 128 valence electrons. The van der Waals surface area contributed by atoms with Gasteiger partial charge in [0.1, 0.15) is 9.79 Å². The molecule has 24 heavy (non-hydrogen) atoms. The van der Waals surface area contributed by atoms with E-state index in [4.69, 9.17) is 0 Å². The first-order chi connectivity index (χ1) is 11.1. The van der Waals surface area contributed by atoms with E-state index in [0.717, 1.165) is 12.1 Å². The summed E-state index contributed by atoms with van der Waals surface area (Å²) in [6.45, 7) is 3.43. The van der Waals surface area contributed by atoms with E-state index < -0.39 is 58.9 Å². The molecule has 2 rings (SSSR count). The fourth-order valence-corrected chi connectivity index (χ4v) is 3.73. The van der Waals surface area contributed by atoms with Crippen LogP contribution in [0, 0.1) is 23.3 Å². The summed E-state index contributed by atoms with van der Waals surface area (Å²) in [6, 6.07) is 4.42. The summed E-state index contributed by atoms with van der Waals surface area (Å²) in [5, 5.41) is 0. The molecule has 0 amide bonds. The van der Waals surface area contributed by atoms with Crippen molar-refractivity contribution < 1.29 is 34.7 Å². The van der Waals surface area contributed by atoms with Crippen molar-refractivity contribution in [2.75, 3.05) is 0 Å². The van der Waals surface area contributed by atoms with Crippen molar-refractivity contribution in [3.63, 3.8) is 0 Å². The van der Waals surface area contributed by atoms with Crippen molar-refractivity contribution in [3.8, 4) is 0 Å². The maximum Gasteiger partial charge on any atom is 0.212 e. The van der Waals surface area contributed by atoms with Crippen LogP contribution >= 0.6 is 0 Å². The molecule has 0 saturated carbocycles. The lowest BCUT2D eigenvalue weighted by Gasteiger charge is -2.14. The van der Waals surface area contributed by atoms with Gasteiger partial charge in [0, 0.05) is 0 Å². The molecule has 2 aromatic rings. The standard InChI is InChI=1S/C14H8F4O4S2/c1-2-7-3-5-8(6-4-7)24(21,22)14-11(17)9(15)13(23(19)20)10(16)12(14)18/h2-6H,1H2,(H,19,20)/p-1. The second-order valence-electron chi connectivity index (χ2n) is 4.43. The summed E-state index contributed by atoms with van der Waals surface area (Å²) in [4.78, 5) is -4.45. The van der Waals surface area contributed by atoms with Gasteiger partial charge in [-0.3, -0.25) is 4.21 Å². The topological polar surface area (TPSA) is 74.3 Å². The first-order valence-electron chi connectivity index (χ1n) is 6.05. The Hall–Kier alpha value is -2.04. The third-order valence-corrected chi connectivity index (χ3v) is 5.52. The Morgan fingerprint density at radius 3 is 1.79 bits per heavy atom. The van der Waals surface area contributed by atoms with Gasteiger partial charge in [-0.25, -0.2) is 26.0 Å². The van der Waals surface area contributed by atoms with Gasteiger partial charge in [0.15, 0.2) is 23.3 Å². The molecule has 0 aromatic heterocycles. The largest absolute Gasteiger partial charge is 0.768 e. The van der Waals surface area contributed by atoms with Crippen LogP contribution in [0.3, 0.4) is 0 Å². The number of sulfone groups is 1. The fraction of sp³-hybridized carbons (Fsp3) is 0. The first kappa shape index (κ1) is 18.3. The van der Waals surface area contributed by atoms with Gasteiger partial charge in [-0.2, -0.15) is 0 Å². The highest BCUT2D eigenvalue weighted by Gasteiger charge is 2.34. The lowest BCUT2D eigenvalue weighted by atomic mass is 10.2. The monoisotopic (exact) mass is 379 g/mol. The van der Waals surface area contributed by atoms with E-state index in [1.165, 1.54) is 18.2 Å². The molecular formula is C14H7F4O4S2-. The molecule has 0 saturated heterocycles. The molecule has 0 N–H and O–H groups in total. The van der Waals surface area contributed by atoms with Crippen LogP contribution in [0.5, 0.6) is 0 Å². The smallest absolute Gasteiger partial charge is 0.212 e. The Balaban J connectivity index is 2.80. The molecule has 10 heteroatoms. The molecule has 0 aliphatic carbocycles. The van der Waals surface area contributed by atoms with Gasteiger partial charge >= 0.3 is 0 Å². The molecule has 0 fully saturated rings. The Morgan fingerprint density at radius 1 is 0.958 bits per heavy atom. The summed E-state index contributed by atoms with van der Waals surface area (Å²) >= 11 is -3.64. The van der Waals surface area contributed by atoms with Crippen molar-refractivity contribution in [2.45, 2.75) is 14.7 Å². The van der Waals surface area contributed by atoms with E-state index in [2.05, 4.69) is 6.58 Å². The van der Waals surface area contributed by atoms with Gasteiger partial charge in [-0.05, 0) is 28.8 Å². The average molecular weight is 379 g/mol. The predicted octanol–water partition coefficient (Wildman–Crippen LogP) is 2.96. The number of hydrogen-bond donors (Lipinski definition) is 0. The van der Waals surface area contributed by atoms with E-state index in [1.807, 2.05) is 0 Å². The summed E-state index contributed by atoms with van der Waals surface area (Å²) in [5.41, 5.74) is 0.490. The van der Waals surface area contributed by atoms with Crippen molar-refractivity contribution in [2.24, 2.45) is 0 Å². The molecule has 0 heterocycles. The molecule has 0 aliphatic heterocycles. The van der Waals surface area contributed by atoms with Crippen LogP contribution in [0.2, 0.25) is 0 Å². The van der Waals surface area contributed by atoms with E-state index >= 15 is 0 Å². The van der Waals surface area contributed by atoms with Gasteiger partial charge in [0.25, 0.3) is 0 Å². The maximum atomic E-state index is 13.9. The van der Waals surface area contributed by atoms with E-state index in [0.29, 0.717) is 5.56 Å². The minimum atomic E-state index is -4.98. The Labute approximate surface area is 136 Å². The van der Waals surface area contributed by atoms with Gasteiger partial charge in [0.05, 0.1) is 4.90 Å². The summed E-state index contributed by atoms with van der Waals surface area (Å²) in [5.74, 6) is -9.27. The summed E-state index contributed by atoms with van der Waals surface area (Å²) < 4.78 is 101. The van der Waals surface area contributed by atoms with E-state index in [-0.39, 0.29) is 0 Å². The fourth-order valence-electron chi connectivity index (χ4n) is 1.87. The van der Waals surface area contributed by atoms with Crippen molar-refractivity contribution in [3.05, 3.63) is 59.7 Å². The first-order valence-corrected chi connectivity index (χ1v) is 8.61. The van der Waals surface area contributed by atoms with Crippen molar-refractivity contribution in [1.82, 2.24) is 0 Å². The Bertz CT molecular complexity index is 925. The highest BCUT2D eigenvalue weighted by molar-refractivity contribution is 7.91. The SMILES string of the molecule is C=Cc1ccc(S(=O)(=O)c2c(F)c(F)c(S(=O)[O-])c(F)c2F)cc1. The van der Waals surface area contributed by atoms with Crippen LogP contribution in [0.15, 0.2) is 45.5 Å². The van der Waals surface area contributed by atoms with Crippen LogP contribution in [-0.2, 0) is 20.9 Å². The molecule has 0 bridgehead atoms. The van der Waals surface area contributed by atoms with E-state index in [1.54, 1.807) is 0 Å². The number of halogens is 4. The minimum absolute atomic E-state index is 0.490. The van der Waals surface area contributed by atoms with Gasteiger partial charge < -0.3 is 4.55 Å². The van der Waals surface area contributed by atoms with Crippen LogP contribution < -0.4 is 0 Å². The predicted molar refractivity (Wildman–Crippen MR) is 75.4 cm³/mol. The second kappa shape index (κ2) is 6.46. The zero-order valence-electron chi connectivity index (χ0n) is 11.6. The molecular weight excluding hydrogens is 372 g/mol. The van der Waals surface area contributed by atoms with Crippen LogP contribution in [0.4, 0.5) is 17.6 Å². The van der Waals surface area contributed by atoms with Gasteiger partial charge in [0.2, 0.25) is 9.84 Å². The number of hydrogen-bond acceptors (Lipinski definition) is 4. The average Bonchev–Trinajstić information content (AvgIpc) is 2.53. The highest BCUT2D eigenvalue weighted by atomic mass is 32.2. The minimum Gasteiger partial charge on any atom is -0.768 e. The molecule has 2 aromatic carbocycles. The van der Waals surface area contributed by atoms with Crippen LogP contribution in [-0.4, -0.2) is 17.2 Å². The third-order valence-electron chi connectivity index (χ3n) is 3.04. The highest BCUT2D eigenvalue weighted by Crippen LogP contribution is 2.32. The molecule has 0 aliphatic rings. The van der Waals surface area contributed by atoms with Crippen molar-refractivity contribution in [1.29, 1.82) is 0 Å². The summed E-state index contributed by atoms with van der Waals surface area (Å²) in [7, 11) is -4.98. The van der Waals surface area contributed by atoms with Crippen molar-refractivity contribution >= 4 is 27.0 Å². The quantitative estimate of drug-likeness (QED) is 0.465. The zero-order valence-corrected chi connectivity index (χ0v) is 13.2. The van der Waals surface area contributed by atoms with Gasteiger partial charge in [-0.15, -0.1) is 0 Å². The molecule has 0 radical (unpaired) electrons. The lowest BCUT2D eigenvalue weighted by molar-refractivity contribution is 0.387. The molecule has 0 spiro atoms. The number of rotatable bonds is 4. The maximum absolute atomic E-state index is 13.9. The molecule has 1 atom stereocenters. The molecule has 4 nitrogen and oxygen atoms in total. The normalized spacial score (nSPS) is 12.9. The lowest BCUT2D eigenvalue weighted by Crippen LogP contribution is -2.14. The van der Waals surface area contributed by atoms with E-state index in [9.17, 15) is 34.7 Å². The molecule has 1 unspecified atom stereocenters. The number of benzene rings is 2. The van der Waals surface area contributed by atoms with Gasteiger partial charge in [-0.1, -0.05) is 24.8 Å². The summed E-state index contributed by atoms with van der Waals surface area (Å²) in [6.07, 6.45) is 1.37. The third kappa shape index (κ3) is 2.87. The Kier molecular flexibility index (Phi) is 4.92. The van der Waals surface area contributed by atoms with Crippen LogP contribution in [0.1, 0.15) is 5.56 Å². The Morgan fingerprint density at radius 2 is 1.42 bits per heavy atom. The van der Waals surface area contributed by atoms with Crippen LogP contribution in [0.25, 0.3) is 6.08 Å². The second-order valence-corrected chi connectivity index (χ2v) is 7.19. The zero-order chi connectivity index (χ0) is 18.2.